The van der Waals surface area contributed by atoms with Crippen molar-refractivity contribution < 1.29 is 19.4 Å². The number of hydrogen-bond donors (Lipinski definition) is 1. The van der Waals surface area contributed by atoms with Gasteiger partial charge in [0.25, 0.3) is 11.7 Å². The zero-order chi connectivity index (χ0) is 21.8. The summed E-state index contributed by atoms with van der Waals surface area (Å²) < 4.78 is 7.14. The quantitative estimate of drug-likeness (QED) is 0.360. The number of Topliss-reactive ketones (excluding diaryl/α,β-unsaturated/α-hetero) is 1. The maximum atomic E-state index is 13.0. The lowest BCUT2D eigenvalue weighted by Crippen LogP contribution is -2.31. The Morgan fingerprint density at radius 3 is 2.61 bits per heavy atom. The lowest BCUT2D eigenvalue weighted by atomic mass is 9.96. The molecule has 158 valence electrons. The number of ketones is 1. The molecule has 1 aliphatic rings. The van der Waals surface area contributed by atoms with Gasteiger partial charge < -0.3 is 19.3 Å². The first-order valence-corrected chi connectivity index (χ1v) is 9.88. The SMILES string of the molecule is COc1cccc(/C(O)=C2/C(=O)C(=O)N(CCCn3ccnc3)C2c2ccncc2)c1. The fourth-order valence-corrected chi connectivity index (χ4v) is 3.77. The molecule has 8 heteroatoms. The van der Waals surface area contributed by atoms with Crippen LogP contribution < -0.4 is 4.74 Å². The predicted octanol–water partition coefficient (Wildman–Crippen LogP) is 2.80. The number of carbonyl (C=O) groups excluding carboxylic acids is 2. The van der Waals surface area contributed by atoms with Crippen molar-refractivity contribution in [2.75, 3.05) is 13.7 Å². The topological polar surface area (TPSA) is 97.6 Å². The van der Waals surface area contributed by atoms with Crippen LogP contribution in [-0.4, -0.2) is 49.9 Å². The number of imidazole rings is 1. The van der Waals surface area contributed by atoms with Gasteiger partial charge in [0.05, 0.1) is 25.1 Å². The van der Waals surface area contributed by atoms with Crippen LogP contribution in [0.25, 0.3) is 5.76 Å². The van der Waals surface area contributed by atoms with Crippen molar-refractivity contribution in [2.45, 2.75) is 19.0 Å². The first-order chi connectivity index (χ1) is 15.1. The summed E-state index contributed by atoms with van der Waals surface area (Å²) >= 11 is 0. The molecule has 31 heavy (non-hydrogen) atoms. The highest BCUT2D eigenvalue weighted by Gasteiger charge is 2.45. The average molecular weight is 418 g/mol. The molecule has 1 fully saturated rings. The number of nitrogens with zero attached hydrogens (tertiary/aromatic N) is 4. The number of pyridine rings is 1. The Balaban J connectivity index is 1.72. The summed E-state index contributed by atoms with van der Waals surface area (Å²) in [7, 11) is 1.52. The zero-order valence-electron chi connectivity index (χ0n) is 17.0. The van der Waals surface area contributed by atoms with Crippen LogP contribution in [0, 0.1) is 0 Å². The predicted molar refractivity (Wildman–Crippen MR) is 113 cm³/mol. The molecule has 3 heterocycles. The fraction of sp³-hybridized carbons (Fsp3) is 0.217. The van der Waals surface area contributed by atoms with Crippen molar-refractivity contribution in [1.82, 2.24) is 19.4 Å². The van der Waals surface area contributed by atoms with E-state index in [0.717, 1.165) is 0 Å². The number of carbonyl (C=O) groups is 2. The number of aliphatic hydroxyl groups is 1. The summed E-state index contributed by atoms with van der Waals surface area (Å²) in [5, 5.41) is 11.0. The van der Waals surface area contributed by atoms with Gasteiger partial charge in [-0.15, -0.1) is 0 Å². The molecule has 4 rings (SSSR count). The second-order valence-corrected chi connectivity index (χ2v) is 7.16. The number of aromatic nitrogens is 3. The largest absolute Gasteiger partial charge is 0.507 e. The van der Waals surface area contributed by atoms with Gasteiger partial charge in [-0.2, -0.15) is 0 Å². The van der Waals surface area contributed by atoms with Gasteiger partial charge in [-0.25, -0.2) is 4.98 Å². The molecule has 1 aliphatic heterocycles. The van der Waals surface area contributed by atoms with Crippen molar-refractivity contribution in [3.63, 3.8) is 0 Å². The van der Waals surface area contributed by atoms with E-state index in [9.17, 15) is 14.7 Å². The van der Waals surface area contributed by atoms with Crippen molar-refractivity contribution in [1.29, 1.82) is 0 Å². The lowest BCUT2D eigenvalue weighted by Gasteiger charge is -2.25. The van der Waals surface area contributed by atoms with E-state index in [1.807, 2.05) is 10.8 Å². The minimum atomic E-state index is -0.704. The summed E-state index contributed by atoms with van der Waals surface area (Å²) in [5.41, 5.74) is 1.18. The molecule has 1 aromatic carbocycles. The number of amides is 1. The van der Waals surface area contributed by atoms with Crippen molar-refractivity contribution in [3.05, 3.63) is 84.2 Å². The highest BCUT2D eigenvalue weighted by atomic mass is 16.5. The Kier molecular flexibility index (Phi) is 5.79. The van der Waals surface area contributed by atoms with Crippen molar-refractivity contribution >= 4 is 17.4 Å². The Labute approximate surface area is 179 Å². The van der Waals surface area contributed by atoms with Gasteiger partial charge in [-0.05, 0) is 36.2 Å². The normalized spacial score (nSPS) is 17.8. The van der Waals surface area contributed by atoms with Crippen molar-refractivity contribution in [2.24, 2.45) is 0 Å². The average Bonchev–Trinajstić information content (AvgIpc) is 3.41. The van der Waals surface area contributed by atoms with Gasteiger partial charge in [-0.3, -0.25) is 14.6 Å². The molecular weight excluding hydrogens is 396 g/mol. The van der Waals surface area contributed by atoms with Gasteiger partial charge in [0.15, 0.2) is 0 Å². The third-order valence-corrected chi connectivity index (χ3v) is 5.28. The number of rotatable bonds is 7. The molecule has 1 N–H and O–H groups in total. The van der Waals surface area contributed by atoms with Gasteiger partial charge in [0, 0.05) is 43.4 Å². The first kappa shape index (κ1) is 20.3. The number of benzene rings is 1. The van der Waals surface area contributed by atoms with Crippen LogP contribution in [0.2, 0.25) is 0 Å². The molecular formula is C23H22N4O4. The molecule has 1 amide bonds. The Morgan fingerprint density at radius 1 is 1.10 bits per heavy atom. The molecule has 3 aromatic rings. The zero-order valence-corrected chi connectivity index (χ0v) is 17.0. The molecule has 1 unspecified atom stereocenters. The summed E-state index contributed by atoms with van der Waals surface area (Å²) in [6.45, 7) is 1.01. The minimum absolute atomic E-state index is 0.0621. The highest BCUT2D eigenvalue weighted by molar-refractivity contribution is 6.46. The Morgan fingerprint density at radius 2 is 1.90 bits per heavy atom. The van der Waals surface area contributed by atoms with Gasteiger partial charge in [0.1, 0.15) is 11.5 Å². The van der Waals surface area contributed by atoms with E-state index >= 15 is 0 Å². The number of hydrogen-bond acceptors (Lipinski definition) is 6. The third-order valence-electron chi connectivity index (χ3n) is 5.28. The maximum Gasteiger partial charge on any atom is 0.295 e. The van der Waals surface area contributed by atoms with Crippen LogP contribution in [0.5, 0.6) is 5.75 Å². The molecule has 0 saturated carbocycles. The lowest BCUT2D eigenvalue weighted by molar-refractivity contribution is -0.139. The number of likely N-dealkylation sites (tertiary alicyclic amines) is 1. The smallest absolute Gasteiger partial charge is 0.295 e. The van der Waals surface area contributed by atoms with Crippen LogP contribution in [0.15, 0.2) is 73.1 Å². The number of ether oxygens (including phenoxy) is 1. The van der Waals surface area contributed by atoms with Crippen LogP contribution in [-0.2, 0) is 16.1 Å². The summed E-state index contributed by atoms with van der Waals surface area (Å²) in [6.07, 6.45) is 9.08. The fourth-order valence-electron chi connectivity index (χ4n) is 3.77. The molecule has 0 aliphatic carbocycles. The van der Waals surface area contributed by atoms with E-state index in [-0.39, 0.29) is 11.3 Å². The van der Waals surface area contributed by atoms with E-state index in [2.05, 4.69) is 9.97 Å². The molecule has 1 saturated heterocycles. The maximum absolute atomic E-state index is 13.0. The van der Waals surface area contributed by atoms with Crippen LogP contribution in [0.1, 0.15) is 23.6 Å². The highest BCUT2D eigenvalue weighted by Crippen LogP contribution is 2.39. The van der Waals surface area contributed by atoms with Crippen LogP contribution in [0.4, 0.5) is 0 Å². The van der Waals surface area contributed by atoms with E-state index in [4.69, 9.17) is 4.74 Å². The molecule has 8 nitrogen and oxygen atoms in total. The number of methoxy groups -OCH3 is 1. The Bertz CT molecular complexity index is 1110. The number of aliphatic hydroxyl groups excluding tert-OH is 1. The second-order valence-electron chi connectivity index (χ2n) is 7.16. The van der Waals surface area contributed by atoms with Crippen LogP contribution in [0.3, 0.4) is 0 Å². The Hall–Kier alpha value is -3.94. The van der Waals surface area contributed by atoms with E-state index in [1.54, 1.807) is 61.3 Å². The van der Waals surface area contributed by atoms with E-state index in [0.29, 0.717) is 36.4 Å². The van der Waals surface area contributed by atoms with Crippen LogP contribution >= 0.6 is 0 Å². The minimum Gasteiger partial charge on any atom is -0.507 e. The summed E-state index contributed by atoms with van der Waals surface area (Å²) in [5.74, 6) is -1.02. The van der Waals surface area contributed by atoms with Gasteiger partial charge >= 0.3 is 0 Å². The molecule has 0 spiro atoms. The first-order valence-electron chi connectivity index (χ1n) is 9.88. The number of aryl methyl sites for hydroxylation is 1. The van der Waals surface area contributed by atoms with Crippen molar-refractivity contribution in [3.8, 4) is 5.75 Å². The standard InChI is InChI=1S/C23H22N4O4/c1-31-18-5-2-4-17(14-18)21(28)19-20(16-6-8-24-9-7-16)27(23(30)22(19)29)12-3-11-26-13-10-25-15-26/h2,4-10,13-15,20,28H,3,11-12H2,1H3/b21-19-. The summed E-state index contributed by atoms with van der Waals surface area (Å²) in [6, 6.07) is 9.56. The van der Waals surface area contributed by atoms with E-state index in [1.165, 1.54) is 12.0 Å². The van der Waals surface area contributed by atoms with Gasteiger partial charge in [-0.1, -0.05) is 12.1 Å². The molecule has 1 atom stereocenters. The summed E-state index contributed by atoms with van der Waals surface area (Å²) in [4.78, 5) is 35.5. The monoisotopic (exact) mass is 418 g/mol. The second kappa shape index (κ2) is 8.83. The van der Waals surface area contributed by atoms with Gasteiger partial charge in [0.2, 0.25) is 0 Å². The molecule has 0 bridgehead atoms. The van der Waals surface area contributed by atoms with E-state index < -0.39 is 17.7 Å². The molecule has 2 aromatic heterocycles. The molecule has 0 radical (unpaired) electrons. The third kappa shape index (κ3) is 4.05.